The number of alkyl halides is 5. The molecule has 0 atom stereocenters. The first-order valence-electron chi connectivity index (χ1n) is 10.7. The lowest BCUT2D eigenvalue weighted by atomic mass is 10.2. The maximum absolute atomic E-state index is 13.9. The van der Waals surface area contributed by atoms with Crippen LogP contribution >= 0.6 is 0 Å². The Hall–Kier alpha value is -3.76. The Morgan fingerprint density at radius 2 is 1.89 bits per heavy atom. The number of hydrogen-bond acceptors (Lipinski definition) is 9. The van der Waals surface area contributed by atoms with Gasteiger partial charge in [-0.2, -0.15) is 26.9 Å². The lowest BCUT2D eigenvalue weighted by Gasteiger charge is -2.16. The number of aromatic nitrogens is 7. The van der Waals surface area contributed by atoms with E-state index >= 15 is 0 Å². The fourth-order valence-electron chi connectivity index (χ4n) is 3.59. The Morgan fingerprint density at radius 3 is 2.51 bits per heavy atom. The molecule has 0 saturated heterocycles. The maximum Gasteiger partial charge on any atom is 0.464 e. The number of nitrogens with zero attached hydrogens (tertiary/aromatic N) is 7. The molecule has 1 aliphatic carbocycles. The predicted octanol–water partition coefficient (Wildman–Crippen LogP) is 3.04. The Balaban J connectivity index is 1.67. The van der Waals surface area contributed by atoms with Crippen molar-refractivity contribution in [3.8, 4) is 22.9 Å². The van der Waals surface area contributed by atoms with Crippen molar-refractivity contribution in [1.82, 2.24) is 29.8 Å². The van der Waals surface area contributed by atoms with Crippen molar-refractivity contribution in [3.63, 3.8) is 0 Å². The van der Waals surface area contributed by atoms with E-state index in [2.05, 4.69) is 25.2 Å². The molecule has 0 N–H and O–H groups in total. The summed E-state index contributed by atoms with van der Waals surface area (Å²) in [5, 5.41) is 19.1. The van der Waals surface area contributed by atoms with Gasteiger partial charge in [0.05, 0.1) is 10.6 Å². The van der Waals surface area contributed by atoms with Gasteiger partial charge in [-0.1, -0.05) is 12.1 Å². The van der Waals surface area contributed by atoms with E-state index in [1.165, 1.54) is 26.2 Å². The third-order valence-electron chi connectivity index (χ3n) is 5.84. The van der Waals surface area contributed by atoms with E-state index in [0.717, 1.165) is 17.4 Å². The van der Waals surface area contributed by atoms with Crippen molar-refractivity contribution in [1.29, 1.82) is 0 Å². The summed E-state index contributed by atoms with van der Waals surface area (Å²) < 4.78 is 98.5. The first-order chi connectivity index (χ1) is 17.2. The molecule has 4 aromatic rings. The van der Waals surface area contributed by atoms with Crippen LogP contribution in [0.5, 0.6) is 0 Å². The van der Waals surface area contributed by atoms with Gasteiger partial charge in [-0.25, -0.2) is 13.4 Å². The summed E-state index contributed by atoms with van der Waals surface area (Å²) in [7, 11) is -2.70. The first-order valence-corrected chi connectivity index (χ1v) is 12.4. The van der Waals surface area contributed by atoms with Gasteiger partial charge >= 0.3 is 17.8 Å². The summed E-state index contributed by atoms with van der Waals surface area (Å²) in [4.78, 5) is 11.3. The molecule has 0 aromatic carbocycles. The molecule has 17 heteroatoms. The van der Waals surface area contributed by atoms with Gasteiger partial charge in [0.25, 0.3) is 0 Å². The van der Waals surface area contributed by atoms with Gasteiger partial charge in [0, 0.05) is 35.9 Å². The molecule has 4 heterocycles. The van der Waals surface area contributed by atoms with E-state index in [4.69, 9.17) is 4.52 Å². The van der Waals surface area contributed by atoms with Crippen LogP contribution < -0.4 is 4.85 Å². The number of imidazole rings is 1. The summed E-state index contributed by atoms with van der Waals surface area (Å²) in [6.07, 6.45) is -3.01. The van der Waals surface area contributed by atoms with Crippen LogP contribution in [0.15, 0.2) is 27.7 Å². The molecule has 196 valence electrons. The number of pyridine rings is 1. The second kappa shape index (κ2) is 8.12. The molecule has 37 heavy (non-hydrogen) atoms. The number of aryl methyl sites for hydroxylation is 1. The van der Waals surface area contributed by atoms with Gasteiger partial charge in [-0.3, -0.25) is 4.98 Å². The molecule has 1 aliphatic rings. The van der Waals surface area contributed by atoms with Crippen LogP contribution in [0.3, 0.4) is 0 Å². The van der Waals surface area contributed by atoms with Crippen LogP contribution in [0.1, 0.15) is 37.3 Å². The highest BCUT2D eigenvalue weighted by Gasteiger charge is 2.64. The van der Waals surface area contributed by atoms with Gasteiger partial charge in [0.15, 0.2) is 15.7 Å². The van der Waals surface area contributed by atoms with Crippen LogP contribution in [0.25, 0.3) is 34.1 Å². The maximum atomic E-state index is 13.9. The van der Waals surface area contributed by atoms with Gasteiger partial charge in [0.2, 0.25) is 17.4 Å². The van der Waals surface area contributed by atoms with Gasteiger partial charge in [0.1, 0.15) is 11.2 Å². The Morgan fingerprint density at radius 1 is 1.19 bits per heavy atom. The topological polar surface area (TPSA) is 144 Å². The minimum atomic E-state index is -6.06. The van der Waals surface area contributed by atoms with E-state index < -0.39 is 38.0 Å². The molecular weight excluding hydrogens is 529 g/mol. The molecule has 0 spiro atoms. The van der Waals surface area contributed by atoms with Crippen LogP contribution in [0, 0.1) is 5.21 Å². The molecule has 11 nitrogen and oxygen atoms in total. The van der Waals surface area contributed by atoms with Gasteiger partial charge in [-0.05, 0) is 23.8 Å². The van der Waals surface area contributed by atoms with Crippen LogP contribution in [-0.2, 0) is 22.8 Å². The van der Waals surface area contributed by atoms with E-state index in [1.807, 2.05) is 0 Å². The average molecular weight is 545 g/mol. The van der Waals surface area contributed by atoms with Crippen LogP contribution in [0.4, 0.5) is 22.0 Å². The third-order valence-corrected chi connectivity index (χ3v) is 7.58. The monoisotopic (exact) mass is 545 g/mol. The number of hydrogen-bond donors (Lipinski definition) is 0. The summed E-state index contributed by atoms with van der Waals surface area (Å²) >= 11 is 0. The van der Waals surface area contributed by atoms with Crippen LogP contribution in [-0.4, -0.2) is 50.1 Å². The SMILES string of the molecule is CCS(=O)(=O)c1cc(-c2noc(C3CC3)n2)cnc1-c1nc2cc(C(F)(F)C(F)(F)F)[n+]([O-])nc2n1C. The first kappa shape index (κ1) is 24.9. The molecule has 0 unspecified atom stereocenters. The molecule has 5 rings (SSSR count). The Bertz CT molecular complexity index is 1640. The van der Waals surface area contributed by atoms with E-state index in [9.17, 15) is 35.6 Å². The third kappa shape index (κ3) is 4.06. The van der Waals surface area contributed by atoms with E-state index in [0.29, 0.717) is 5.89 Å². The molecule has 0 radical (unpaired) electrons. The standard InChI is InChI=1S/C20H16F5N7O4S/c1-3-37(34,35)12-6-10(15-28-18(36-30-15)9-4-5-9)8-26-14(12)17-27-11-7-13(19(21,22)20(23,24)25)32(33)29-16(11)31(17)2/h6-9H,3-5H2,1-2H3. The zero-order chi connectivity index (χ0) is 26.9. The average Bonchev–Trinajstić information content (AvgIpc) is 3.48. The minimum absolute atomic E-state index is 0.103. The predicted molar refractivity (Wildman–Crippen MR) is 114 cm³/mol. The van der Waals surface area contributed by atoms with Crippen molar-refractivity contribution in [2.45, 2.75) is 42.7 Å². The molecule has 1 saturated carbocycles. The largest absolute Gasteiger partial charge is 0.594 e. The fraction of sp³-hybridized carbons (Fsp3) is 0.400. The minimum Gasteiger partial charge on any atom is -0.594 e. The second-order valence-corrected chi connectivity index (χ2v) is 10.6. The van der Waals surface area contributed by atoms with E-state index in [1.54, 1.807) is 0 Å². The summed E-state index contributed by atoms with van der Waals surface area (Å²) in [5.41, 5.74) is -2.87. The molecule has 1 fully saturated rings. The highest BCUT2D eigenvalue weighted by atomic mass is 32.2. The number of rotatable bonds is 6. The highest BCUT2D eigenvalue weighted by Crippen LogP contribution is 2.43. The summed E-state index contributed by atoms with van der Waals surface area (Å²) in [6, 6.07) is 1.50. The Labute approximate surface area is 204 Å². The summed E-state index contributed by atoms with van der Waals surface area (Å²) in [6.45, 7) is 1.38. The molecule has 0 aliphatic heterocycles. The van der Waals surface area contributed by atoms with Crippen molar-refractivity contribution in [2.24, 2.45) is 7.05 Å². The summed E-state index contributed by atoms with van der Waals surface area (Å²) in [5.74, 6) is -5.42. The van der Waals surface area contributed by atoms with Crippen LogP contribution in [0.2, 0.25) is 0 Å². The molecular formula is C20H16F5N7O4S. The smallest absolute Gasteiger partial charge is 0.464 e. The zero-order valence-electron chi connectivity index (χ0n) is 19.0. The van der Waals surface area contributed by atoms with Gasteiger partial charge < -0.3 is 14.3 Å². The Kier molecular flexibility index (Phi) is 5.47. The van der Waals surface area contributed by atoms with Crippen molar-refractivity contribution >= 4 is 21.0 Å². The second-order valence-electron chi connectivity index (χ2n) is 8.38. The number of halogens is 5. The van der Waals surface area contributed by atoms with Crippen molar-refractivity contribution < 1.29 is 39.7 Å². The lowest BCUT2D eigenvalue weighted by Crippen LogP contribution is -2.47. The lowest BCUT2D eigenvalue weighted by molar-refractivity contribution is -0.686. The van der Waals surface area contributed by atoms with E-state index in [-0.39, 0.29) is 51.2 Å². The highest BCUT2D eigenvalue weighted by molar-refractivity contribution is 7.91. The molecule has 4 aromatic heterocycles. The fourth-order valence-corrected chi connectivity index (χ4v) is 4.65. The molecule has 0 amide bonds. The number of fused-ring (bicyclic) bond motifs is 1. The number of sulfone groups is 1. The molecule has 0 bridgehead atoms. The van der Waals surface area contributed by atoms with Crippen molar-refractivity contribution in [3.05, 3.63) is 35.1 Å². The van der Waals surface area contributed by atoms with Crippen molar-refractivity contribution in [2.75, 3.05) is 5.75 Å². The quantitative estimate of drug-likeness (QED) is 0.203. The van der Waals surface area contributed by atoms with Gasteiger partial charge in [-0.15, -0.1) is 0 Å². The zero-order valence-corrected chi connectivity index (χ0v) is 19.8. The normalized spacial score (nSPS) is 15.0.